The van der Waals surface area contributed by atoms with Crippen molar-refractivity contribution in [3.05, 3.63) is 23.9 Å². The molecule has 0 radical (unpaired) electrons. The number of piperidine rings is 1. The molecule has 0 unspecified atom stereocenters. The molecule has 2 fully saturated rings. The largest absolute Gasteiger partial charge is 0.419 e. The van der Waals surface area contributed by atoms with Crippen LogP contribution in [0.25, 0.3) is 0 Å². The Kier molecular flexibility index (Phi) is 6.77. The Morgan fingerprint density at radius 2 is 2.21 bits per heavy atom. The van der Waals surface area contributed by atoms with Crippen LogP contribution in [0.2, 0.25) is 0 Å². The SMILES string of the molecule is COCC[C@H]1COCCN1C(=O)[C@H]1CCCN(c2ncccc2C(F)(F)F)C1. The number of aromatic nitrogens is 1. The van der Waals surface area contributed by atoms with Crippen molar-refractivity contribution in [1.82, 2.24) is 9.88 Å². The van der Waals surface area contributed by atoms with Gasteiger partial charge in [0.15, 0.2) is 0 Å². The number of methoxy groups -OCH3 is 1. The van der Waals surface area contributed by atoms with E-state index in [2.05, 4.69) is 4.98 Å². The number of ether oxygens (including phenoxy) is 2. The number of alkyl halides is 3. The molecule has 0 N–H and O–H groups in total. The summed E-state index contributed by atoms with van der Waals surface area (Å²) in [6, 6.07) is 2.26. The van der Waals surface area contributed by atoms with Gasteiger partial charge in [-0.05, 0) is 31.4 Å². The lowest BCUT2D eigenvalue weighted by molar-refractivity contribution is -0.145. The molecule has 2 aliphatic heterocycles. The predicted octanol–water partition coefficient (Wildman–Crippen LogP) is 2.58. The number of carbonyl (C=O) groups is 1. The van der Waals surface area contributed by atoms with Crippen LogP contribution in [0.4, 0.5) is 19.0 Å². The topological polar surface area (TPSA) is 54.9 Å². The summed E-state index contributed by atoms with van der Waals surface area (Å²) in [6.45, 7) is 2.67. The fraction of sp³-hybridized carbons (Fsp3) is 0.684. The molecule has 9 heteroatoms. The highest BCUT2D eigenvalue weighted by molar-refractivity contribution is 5.80. The number of amides is 1. The molecule has 156 valence electrons. The monoisotopic (exact) mass is 401 g/mol. The van der Waals surface area contributed by atoms with E-state index in [0.717, 1.165) is 6.07 Å². The molecule has 3 rings (SSSR count). The lowest BCUT2D eigenvalue weighted by atomic mass is 9.95. The van der Waals surface area contributed by atoms with E-state index in [-0.39, 0.29) is 30.2 Å². The molecule has 1 aromatic rings. The summed E-state index contributed by atoms with van der Waals surface area (Å²) in [4.78, 5) is 20.5. The fourth-order valence-corrected chi connectivity index (χ4v) is 3.91. The van der Waals surface area contributed by atoms with Crippen molar-refractivity contribution in [2.75, 3.05) is 51.5 Å². The van der Waals surface area contributed by atoms with Crippen molar-refractivity contribution in [2.45, 2.75) is 31.5 Å². The number of pyridine rings is 1. The van der Waals surface area contributed by atoms with Crippen molar-refractivity contribution in [3.8, 4) is 0 Å². The molecule has 0 aromatic carbocycles. The summed E-state index contributed by atoms with van der Waals surface area (Å²) in [5, 5.41) is 0. The van der Waals surface area contributed by atoms with Gasteiger partial charge in [0.1, 0.15) is 5.82 Å². The Morgan fingerprint density at radius 3 is 2.96 bits per heavy atom. The number of rotatable bonds is 5. The Balaban J connectivity index is 1.73. The smallest absolute Gasteiger partial charge is 0.385 e. The minimum atomic E-state index is -4.48. The number of halogens is 3. The molecule has 2 aliphatic rings. The molecule has 3 heterocycles. The number of anilines is 1. The molecule has 2 atom stereocenters. The van der Waals surface area contributed by atoms with Crippen molar-refractivity contribution in [3.63, 3.8) is 0 Å². The average molecular weight is 401 g/mol. The van der Waals surface area contributed by atoms with Crippen LogP contribution in [0.15, 0.2) is 18.3 Å². The van der Waals surface area contributed by atoms with Gasteiger partial charge in [-0.3, -0.25) is 4.79 Å². The van der Waals surface area contributed by atoms with Crippen LogP contribution >= 0.6 is 0 Å². The minimum Gasteiger partial charge on any atom is -0.385 e. The van der Waals surface area contributed by atoms with E-state index in [1.165, 1.54) is 12.3 Å². The quantitative estimate of drug-likeness (QED) is 0.759. The number of hydrogen-bond acceptors (Lipinski definition) is 5. The standard InChI is InChI=1S/C19H26F3N3O3/c1-27-10-6-15-13-28-11-9-25(15)18(26)14-4-3-8-24(12-14)17-16(19(20,21)22)5-2-7-23-17/h2,5,7,14-15H,3-4,6,8-13H2,1H3/t14-,15-/m0/s1. The molecule has 2 saturated heterocycles. The number of morpholine rings is 1. The van der Waals surface area contributed by atoms with Gasteiger partial charge in [0.05, 0.1) is 30.7 Å². The minimum absolute atomic E-state index is 0.0152. The maximum Gasteiger partial charge on any atom is 0.419 e. The van der Waals surface area contributed by atoms with E-state index in [1.54, 1.807) is 12.0 Å². The van der Waals surface area contributed by atoms with Crippen LogP contribution in [-0.2, 0) is 20.4 Å². The summed E-state index contributed by atoms with van der Waals surface area (Å²) in [6.07, 6.45) is -1.12. The average Bonchev–Trinajstić information content (AvgIpc) is 2.71. The Labute approximate surface area is 162 Å². The first kappa shape index (κ1) is 20.9. The van der Waals surface area contributed by atoms with Gasteiger partial charge in [-0.2, -0.15) is 13.2 Å². The van der Waals surface area contributed by atoms with Gasteiger partial charge in [-0.1, -0.05) is 0 Å². The zero-order valence-electron chi connectivity index (χ0n) is 16.0. The van der Waals surface area contributed by atoms with Crippen LogP contribution in [0.3, 0.4) is 0 Å². The van der Waals surface area contributed by atoms with Gasteiger partial charge in [-0.25, -0.2) is 4.98 Å². The molecule has 0 saturated carbocycles. The molecule has 1 amide bonds. The Morgan fingerprint density at radius 1 is 1.39 bits per heavy atom. The van der Waals surface area contributed by atoms with Crippen molar-refractivity contribution in [2.24, 2.45) is 5.92 Å². The number of hydrogen-bond donors (Lipinski definition) is 0. The second kappa shape index (κ2) is 9.09. The third-order valence-electron chi connectivity index (χ3n) is 5.33. The number of carbonyl (C=O) groups excluding carboxylic acids is 1. The van der Waals surface area contributed by atoms with E-state index >= 15 is 0 Å². The van der Waals surface area contributed by atoms with Gasteiger partial charge >= 0.3 is 6.18 Å². The van der Waals surface area contributed by atoms with Crippen molar-refractivity contribution in [1.29, 1.82) is 0 Å². The normalized spacial score (nSPS) is 23.7. The summed E-state index contributed by atoms with van der Waals surface area (Å²) in [5.74, 6) is -0.455. The van der Waals surface area contributed by atoms with Crippen LogP contribution in [-0.4, -0.2) is 68.4 Å². The molecule has 0 spiro atoms. The molecule has 0 bridgehead atoms. The van der Waals surface area contributed by atoms with Crippen molar-refractivity contribution < 1.29 is 27.4 Å². The maximum atomic E-state index is 13.4. The second-order valence-electron chi connectivity index (χ2n) is 7.20. The van der Waals surface area contributed by atoms with Gasteiger partial charge < -0.3 is 19.3 Å². The molecule has 0 aliphatic carbocycles. The second-order valence-corrected chi connectivity index (χ2v) is 7.20. The van der Waals surface area contributed by atoms with Crippen molar-refractivity contribution >= 4 is 11.7 Å². The highest BCUT2D eigenvalue weighted by atomic mass is 19.4. The summed E-state index contributed by atoms with van der Waals surface area (Å²) in [5.41, 5.74) is -0.757. The molecule has 28 heavy (non-hydrogen) atoms. The van der Waals surface area contributed by atoms with Gasteiger partial charge in [0, 0.05) is 39.5 Å². The molecule has 1 aromatic heterocycles. The third-order valence-corrected chi connectivity index (χ3v) is 5.33. The highest BCUT2D eigenvalue weighted by Crippen LogP contribution is 2.36. The third kappa shape index (κ3) is 4.75. The first-order valence-electron chi connectivity index (χ1n) is 9.56. The van der Waals surface area contributed by atoms with E-state index in [1.807, 2.05) is 4.90 Å². The van der Waals surface area contributed by atoms with E-state index in [0.29, 0.717) is 52.2 Å². The highest BCUT2D eigenvalue weighted by Gasteiger charge is 2.39. The summed E-state index contributed by atoms with van der Waals surface area (Å²) < 4.78 is 50.7. The van der Waals surface area contributed by atoms with E-state index in [4.69, 9.17) is 9.47 Å². The Hall–Kier alpha value is -1.87. The van der Waals surface area contributed by atoms with E-state index in [9.17, 15) is 18.0 Å². The zero-order chi connectivity index (χ0) is 20.1. The summed E-state index contributed by atoms with van der Waals surface area (Å²) in [7, 11) is 1.61. The molecular weight excluding hydrogens is 375 g/mol. The van der Waals surface area contributed by atoms with Gasteiger partial charge in [-0.15, -0.1) is 0 Å². The van der Waals surface area contributed by atoms with Gasteiger partial charge in [0.2, 0.25) is 5.91 Å². The summed E-state index contributed by atoms with van der Waals surface area (Å²) >= 11 is 0. The predicted molar refractivity (Wildman–Crippen MR) is 97.0 cm³/mol. The number of nitrogens with zero attached hydrogens (tertiary/aromatic N) is 3. The lowest BCUT2D eigenvalue weighted by Gasteiger charge is -2.40. The molecular formula is C19H26F3N3O3. The Bertz CT molecular complexity index is 671. The van der Waals surface area contributed by atoms with Crippen LogP contribution < -0.4 is 4.90 Å². The van der Waals surface area contributed by atoms with E-state index < -0.39 is 11.7 Å². The molecule has 6 nitrogen and oxygen atoms in total. The fourth-order valence-electron chi connectivity index (χ4n) is 3.91. The van der Waals surface area contributed by atoms with Crippen LogP contribution in [0.5, 0.6) is 0 Å². The zero-order valence-corrected chi connectivity index (χ0v) is 16.0. The first-order chi connectivity index (χ1) is 13.4. The van der Waals surface area contributed by atoms with Crippen LogP contribution in [0.1, 0.15) is 24.8 Å². The van der Waals surface area contributed by atoms with Gasteiger partial charge in [0.25, 0.3) is 0 Å². The lowest BCUT2D eigenvalue weighted by Crippen LogP contribution is -2.53. The van der Waals surface area contributed by atoms with Crippen LogP contribution in [0, 0.1) is 5.92 Å². The first-order valence-corrected chi connectivity index (χ1v) is 9.56. The maximum absolute atomic E-state index is 13.4.